The van der Waals surface area contributed by atoms with Crippen molar-refractivity contribution in [2.45, 2.75) is 31.7 Å². The van der Waals surface area contributed by atoms with Gasteiger partial charge in [0.05, 0.1) is 0 Å². The monoisotopic (exact) mass is 187 g/mol. The average Bonchev–Trinajstić information content (AvgIpc) is 2.99. The molecule has 14 heavy (non-hydrogen) atoms. The zero-order valence-electron chi connectivity index (χ0n) is 8.50. The fourth-order valence-electron chi connectivity index (χ4n) is 2.67. The minimum atomic E-state index is 0.618. The van der Waals surface area contributed by atoms with Crippen molar-refractivity contribution in [3.8, 4) is 0 Å². The Labute approximate surface area is 85.5 Å². The van der Waals surface area contributed by atoms with Gasteiger partial charge in [-0.3, -0.25) is 0 Å². The van der Waals surface area contributed by atoms with E-state index in [1.54, 1.807) is 0 Å². The first kappa shape index (κ1) is 8.49. The van der Waals surface area contributed by atoms with Crippen molar-refractivity contribution in [2.24, 2.45) is 5.41 Å². The van der Waals surface area contributed by atoms with Crippen LogP contribution in [-0.2, 0) is 0 Å². The second-order valence-electron chi connectivity index (χ2n) is 4.87. The molecule has 0 unspecified atom stereocenters. The van der Waals surface area contributed by atoms with Crippen LogP contribution in [0.25, 0.3) is 0 Å². The maximum Gasteiger partial charge on any atom is 0.0325 e. The molecule has 74 valence electrons. The van der Waals surface area contributed by atoms with E-state index in [1.807, 2.05) is 0 Å². The summed E-state index contributed by atoms with van der Waals surface area (Å²) in [5.41, 5.74) is 2.21. The van der Waals surface area contributed by atoms with E-state index in [0.717, 1.165) is 5.41 Å². The van der Waals surface area contributed by atoms with Crippen LogP contribution in [0.3, 0.4) is 0 Å². The molecular formula is C13H17N. The summed E-state index contributed by atoms with van der Waals surface area (Å²) in [5, 5.41) is 3.63. The first-order valence-electron chi connectivity index (χ1n) is 5.66. The van der Waals surface area contributed by atoms with Gasteiger partial charge in [-0.15, -0.1) is 0 Å². The third kappa shape index (κ3) is 1.46. The summed E-state index contributed by atoms with van der Waals surface area (Å²) in [6.45, 7) is 1.21. The second-order valence-corrected chi connectivity index (χ2v) is 4.87. The van der Waals surface area contributed by atoms with Crippen LogP contribution < -0.4 is 5.32 Å². The van der Waals surface area contributed by atoms with E-state index >= 15 is 0 Å². The number of benzene rings is 1. The van der Waals surface area contributed by atoms with Crippen LogP contribution in [-0.4, -0.2) is 6.54 Å². The number of piperidine rings is 1. The van der Waals surface area contributed by atoms with Crippen LogP contribution in [0.4, 0.5) is 0 Å². The van der Waals surface area contributed by atoms with Gasteiger partial charge in [0.25, 0.3) is 0 Å². The van der Waals surface area contributed by atoms with Crippen molar-refractivity contribution in [1.82, 2.24) is 5.32 Å². The molecule has 0 amide bonds. The highest BCUT2D eigenvalue weighted by molar-refractivity contribution is 5.21. The van der Waals surface area contributed by atoms with Crippen molar-refractivity contribution >= 4 is 0 Å². The standard InChI is InChI=1S/C13H17N/c1-2-4-11(5-3-1)12-10-13(6-7-13)8-9-14-12/h1-5,12,14H,6-10H2/t12-/m1/s1. The predicted molar refractivity (Wildman–Crippen MR) is 58.1 cm³/mol. The molecule has 1 heterocycles. The summed E-state index contributed by atoms with van der Waals surface area (Å²) < 4.78 is 0. The van der Waals surface area contributed by atoms with E-state index in [-0.39, 0.29) is 0 Å². The first-order chi connectivity index (χ1) is 6.88. The number of hydrogen-bond acceptors (Lipinski definition) is 1. The Hall–Kier alpha value is -0.820. The molecule has 0 radical (unpaired) electrons. The van der Waals surface area contributed by atoms with E-state index in [0.29, 0.717) is 6.04 Å². The van der Waals surface area contributed by atoms with Crippen molar-refractivity contribution in [2.75, 3.05) is 6.54 Å². The minimum absolute atomic E-state index is 0.618. The van der Waals surface area contributed by atoms with E-state index in [9.17, 15) is 0 Å². The average molecular weight is 187 g/mol. The quantitative estimate of drug-likeness (QED) is 0.713. The van der Waals surface area contributed by atoms with Gasteiger partial charge < -0.3 is 5.32 Å². The fraction of sp³-hybridized carbons (Fsp3) is 0.538. The maximum absolute atomic E-state index is 3.63. The van der Waals surface area contributed by atoms with Crippen LogP contribution in [0.1, 0.15) is 37.3 Å². The SMILES string of the molecule is c1ccc([C@H]2CC3(CCN2)CC3)cc1. The summed E-state index contributed by atoms with van der Waals surface area (Å²) in [4.78, 5) is 0. The summed E-state index contributed by atoms with van der Waals surface area (Å²) in [7, 11) is 0. The summed E-state index contributed by atoms with van der Waals surface area (Å²) >= 11 is 0. The minimum Gasteiger partial charge on any atom is -0.310 e. The van der Waals surface area contributed by atoms with Crippen LogP contribution in [0.2, 0.25) is 0 Å². The van der Waals surface area contributed by atoms with Gasteiger partial charge in [0, 0.05) is 6.04 Å². The summed E-state index contributed by atoms with van der Waals surface area (Å²) in [6, 6.07) is 11.5. The molecule has 3 rings (SSSR count). The topological polar surface area (TPSA) is 12.0 Å². The molecule has 1 saturated carbocycles. The molecule has 1 aromatic rings. The van der Waals surface area contributed by atoms with Gasteiger partial charge in [-0.1, -0.05) is 30.3 Å². The second kappa shape index (κ2) is 3.09. The molecule has 2 aliphatic rings. The fourth-order valence-corrected chi connectivity index (χ4v) is 2.67. The maximum atomic E-state index is 3.63. The summed E-state index contributed by atoms with van der Waals surface area (Å²) in [6.07, 6.45) is 5.70. The molecule has 0 aromatic heterocycles. The normalized spacial score (nSPS) is 29.0. The Morgan fingerprint density at radius 3 is 2.57 bits per heavy atom. The lowest BCUT2D eigenvalue weighted by Gasteiger charge is -2.30. The zero-order chi connectivity index (χ0) is 9.43. The van der Waals surface area contributed by atoms with Crippen molar-refractivity contribution in [1.29, 1.82) is 0 Å². The number of nitrogens with one attached hydrogen (secondary N) is 1. The molecule has 1 heteroatoms. The molecule has 1 spiro atoms. The highest BCUT2D eigenvalue weighted by Gasteiger charge is 2.45. The third-order valence-electron chi connectivity index (χ3n) is 3.84. The van der Waals surface area contributed by atoms with Gasteiger partial charge in [-0.05, 0) is 43.2 Å². The lowest BCUT2D eigenvalue weighted by Crippen LogP contribution is -2.32. The van der Waals surface area contributed by atoms with E-state index < -0.39 is 0 Å². The Morgan fingerprint density at radius 1 is 1.07 bits per heavy atom. The van der Waals surface area contributed by atoms with E-state index in [1.165, 1.54) is 37.8 Å². The Kier molecular flexibility index (Phi) is 1.88. The van der Waals surface area contributed by atoms with Crippen molar-refractivity contribution in [3.05, 3.63) is 35.9 Å². The van der Waals surface area contributed by atoms with E-state index in [4.69, 9.17) is 0 Å². The first-order valence-corrected chi connectivity index (χ1v) is 5.66. The molecule has 1 aliphatic heterocycles. The van der Waals surface area contributed by atoms with Gasteiger partial charge in [0.1, 0.15) is 0 Å². The van der Waals surface area contributed by atoms with Gasteiger partial charge in [-0.25, -0.2) is 0 Å². The van der Waals surface area contributed by atoms with Gasteiger partial charge in [0.2, 0.25) is 0 Å². The summed E-state index contributed by atoms with van der Waals surface area (Å²) in [5.74, 6) is 0. The lowest BCUT2D eigenvalue weighted by molar-refractivity contribution is 0.286. The molecule has 1 N–H and O–H groups in total. The van der Waals surface area contributed by atoms with E-state index in [2.05, 4.69) is 35.6 Å². The zero-order valence-corrected chi connectivity index (χ0v) is 8.50. The Morgan fingerprint density at radius 2 is 1.86 bits per heavy atom. The van der Waals surface area contributed by atoms with Crippen LogP contribution >= 0.6 is 0 Å². The molecular weight excluding hydrogens is 170 g/mol. The van der Waals surface area contributed by atoms with Gasteiger partial charge in [-0.2, -0.15) is 0 Å². The van der Waals surface area contributed by atoms with Crippen LogP contribution in [0.15, 0.2) is 30.3 Å². The lowest BCUT2D eigenvalue weighted by atomic mass is 9.86. The third-order valence-corrected chi connectivity index (χ3v) is 3.84. The molecule has 1 atom stereocenters. The molecule has 1 aromatic carbocycles. The molecule has 1 aliphatic carbocycles. The van der Waals surface area contributed by atoms with Crippen molar-refractivity contribution in [3.63, 3.8) is 0 Å². The van der Waals surface area contributed by atoms with Gasteiger partial charge in [0.15, 0.2) is 0 Å². The van der Waals surface area contributed by atoms with Gasteiger partial charge >= 0.3 is 0 Å². The molecule has 0 bridgehead atoms. The highest BCUT2D eigenvalue weighted by atomic mass is 14.9. The Balaban J connectivity index is 1.79. The molecule has 1 nitrogen and oxygen atoms in total. The Bertz CT molecular complexity index is 313. The smallest absolute Gasteiger partial charge is 0.0325 e. The highest BCUT2D eigenvalue weighted by Crippen LogP contribution is 2.55. The number of rotatable bonds is 1. The van der Waals surface area contributed by atoms with Crippen LogP contribution in [0, 0.1) is 5.41 Å². The largest absolute Gasteiger partial charge is 0.310 e. The number of hydrogen-bond donors (Lipinski definition) is 1. The predicted octanol–water partition coefficient (Wildman–Crippen LogP) is 2.89. The van der Waals surface area contributed by atoms with Crippen molar-refractivity contribution < 1.29 is 0 Å². The van der Waals surface area contributed by atoms with Crippen LogP contribution in [0.5, 0.6) is 0 Å². The molecule has 2 fully saturated rings. The molecule has 1 saturated heterocycles.